The minimum absolute atomic E-state index is 0.0867. The van der Waals surface area contributed by atoms with Crippen LogP contribution in [0.5, 0.6) is 11.8 Å². The molecule has 168 valence electrons. The smallest absolute Gasteiger partial charge is 0.352 e. The summed E-state index contributed by atoms with van der Waals surface area (Å²) in [7, 11) is 0. The first-order valence-corrected chi connectivity index (χ1v) is 10.3. The summed E-state index contributed by atoms with van der Waals surface area (Å²) in [5.41, 5.74) is 6.73. The first kappa shape index (κ1) is 21.1. The quantitative estimate of drug-likeness (QED) is 0.255. The molecule has 0 aliphatic carbocycles. The third-order valence-electron chi connectivity index (χ3n) is 5.50. The topological polar surface area (TPSA) is 127 Å². The highest BCUT2D eigenvalue weighted by molar-refractivity contribution is 6.01. The molecule has 0 spiro atoms. The number of nitrogen functional groups attached to an aromatic ring is 1. The van der Waals surface area contributed by atoms with Crippen LogP contribution in [0.1, 0.15) is 21.6 Å². The molecule has 3 aromatic carbocycles. The summed E-state index contributed by atoms with van der Waals surface area (Å²) in [5, 5.41) is 19.4. The van der Waals surface area contributed by atoms with Crippen LogP contribution in [0.15, 0.2) is 73.1 Å². The summed E-state index contributed by atoms with van der Waals surface area (Å²) in [6.07, 6.45) is 3.13. The highest BCUT2D eigenvalue weighted by Gasteiger charge is 2.20. The number of halogens is 1. The Bertz CT molecular complexity index is 1580. The largest absolute Gasteiger partial charge is 0.477 e. The molecule has 0 fully saturated rings. The van der Waals surface area contributed by atoms with E-state index in [9.17, 15) is 14.3 Å². The van der Waals surface area contributed by atoms with Crippen molar-refractivity contribution in [3.8, 4) is 11.8 Å². The van der Waals surface area contributed by atoms with E-state index in [4.69, 9.17) is 15.9 Å². The number of aromatic nitrogens is 3. The Morgan fingerprint density at radius 1 is 1.06 bits per heavy atom. The minimum Gasteiger partial charge on any atom is -0.477 e. The van der Waals surface area contributed by atoms with Crippen LogP contribution in [0.2, 0.25) is 0 Å². The van der Waals surface area contributed by atoms with Gasteiger partial charge in [-0.2, -0.15) is 0 Å². The number of hydrogen-bond donors (Lipinski definition) is 3. The normalized spacial score (nSPS) is 11.1. The molecular formula is C25H18FN5O3. The molecule has 2 aromatic heterocycles. The lowest BCUT2D eigenvalue weighted by atomic mass is 10.0. The molecule has 0 unspecified atom stereocenters. The maximum atomic E-state index is 14.8. The zero-order valence-electron chi connectivity index (χ0n) is 17.7. The van der Waals surface area contributed by atoms with Crippen LogP contribution in [0.4, 0.5) is 4.39 Å². The van der Waals surface area contributed by atoms with Crippen LogP contribution in [0.25, 0.3) is 21.7 Å². The summed E-state index contributed by atoms with van der Waals surface area (Å²) >= 11 is 0. The number of nitrogens with two attached hydrogens (primary N) is 1. The summed E-state index contributed by atoms with van der Waals surface area (Å²) in [4.78, 5) is 20.2. The zero-order chi connectivity index (χ0) is 23.8. The van der Waals surface area contributed by atoms with Crippen molar-refractivity contribution >= 4 is 33.5 Å². The Labute approximate surface area is 192 Å². The monoisotopic (exact) mass is 455 g/mol. The Hall–Kier alpha value is -4.79. The summed E-state index contributed by atoms with van der Waals surface area (Å²) < 4.78 is 22.1. The minimum atomic E-state index is -1.20. The average molecular weight is 455 g/mol. The van der Waals surface area contributed by atoms with Gasteiger partial charge in [-0.1, -0.05) is 24.3 Å². The molecule has 0 aliphatic rings. The first-order chi connectivity index (χ1) is 16.4. The van der Waals surface area contributed by atoms with Gasteiger partial charge in [-0.15, -0.1) is 0 Å². The van der Waals surface area contributed by atoms with E-state index >= 15 is 0 Å². The van der Waals surface area contributed by atoms with Gasteiger partial charge in [0, 0.05) is 29.9 Å². The van der Waals surface area contributed by atoms with Gasteiger partial charge in [0.1, 0.15) is 23.1 Å². The Morgan fingerprint density at radius 2 is 1.82 bits per heavy atom. The van der Waals surface area contributed by atoms with E-state index in [1.54, 1.807) is 24.5 Å². The van der Waals surface area contributed by atoms with Crippen molar-refractivity contribution in [3.05, 3.63) is 95.7 Å². The number of amidine groups is 1. The maximum Gasteiger partial charge on any atom is 0.352 e. The van der Waals surface area contributed by atoms with Gasteiger partial charge in [0.25, 0.3) is 0 Å². The van der Waals surface area contributed by atoms with Crippen LogP contribution in [-0.4, -0.2) is 31.4 Å². The van der Waals surface area contributed by atoms with Crippen molar-refractivity contribution in [1.29, 1.82) is 5.41 Å². The van der Waals surface area contributed by atoms with E-state index in [1.165, 1.54) is 16.7 Å². The number of rotatable bonds is 6. The predicted octanol–water partition coefficient (Wildman–Crippen LogP) is 4.55. The van der Waals surface area contributed by atoms with Crippen LogP contribution >= 0.6 is 0 Å². The van der Waals surface area contributed by atoms with Crippen molar-refractivity contribution in [3.63, 3.8) is 0 Å². The number of carboxylic acid groups (broad SMARTS) is 1. The van der Waals surface area contributed by atoms with Crippen molar-refractivity contribution in [2.24, 2.45) is 5.73 Å². The fourth-order valence-corrected chi connectivity index (χ4v) is 3.98. The molecule has 5 rings (SSSR count). The molecule has 0 saturated carbocycles. The second-order valence-electron chi connectivity index (χ2n) is 7.66. The fraction of sp³-hybridized carbons (Fsp3) is 0.0400. The van der Waals surface area contributed by atoms with Crippen molar-refractivity contribution in [1.82, 2.24) is 14.5 Å². The van der Waals surface area contributed by atoms with Crippen LogP contribution in [-0.2, 0) is 6.54 Å². The van der Waals surface area contributed by atoms with Crippen LogP contribution in [0.3, 0.4) is 0 Å². The van der Waals surface area contributed by atoms with Gasteiger partial charge in [-0.05, 0) is 52.7 Å². The molecule has 2 heterocycles. The number of hydrogen-bond acceptors (Lipinski definition) is 5. The van der Waals surface area contributed by atoms with E-state index in [1.807, 2.05) is 30.3 Å². The standard InChI is InChI=1S/C25H18FN5O3/c26-20-10-15(23(27)28)11-21-19(20)12-22(24(32)33)31(21)13-16-9-17(34-25-29-6-3-7-30-25)8-14-4-1-2-5-18(14)16/h1-12H,13H2,(H3,27,28)(H,32,33). The van der Waals surface area contributed by atoms with Gasteiger partial charge in [0.05, 0.1) is 5.52 Å². The molecule has 0 amide bonds. The van der Waals surface area contributed by atoms with Gasteiger partial charge in [-0.25, -0.2) is 19.2 Å². The number of carbonyl (C=O) groups is 1. The molecule has 0 saturated heterocycles. The van der Waals surface area contributed by atoms with Crippen molar-refractivity contribution < 1.29 is 19.0 Å². The van der Waals surface area contributed by atoms with E-state index in [2.05, 4.69) is 9.97 Å². The number of benzene rings is 3. The third-order valence-corrected chi connectivity index (χ3v) is 5.50. The molecular weight excluding hydrogens is 437 g/mol. The van der Waals surface area contributed by atoms with Gasteiger partial charge in [-0.3, -0.25) is 5.41 Å². The summed E-state index contributed by atoms with van der Waals surface area (Å²) in [5.74, 6) is -1.68. The second-order valence-corrected chi connectivity index (χ2v) is 7.66. The van der Waals surface area contributed by atoms with Gasteiger partial charge >= 0.3 is 12.0 Å². The first-order valence-electron chi connectivity index (χ1n) is 10.3. The SMILES string of the molecule is N=C(N)c1cc(F)c2cc(C(=O)O)n(Cc3cc(Oc4ncccn4)cc4ccccc34)c2c1. The highest BCUT2D eigenvalue weighted by atomic mass is 19.1. The second kappa shape index (κ2) is 8.28. The predicted molar refractivity (Wildman–Crippen MR) is 125 cm³/mol. The third kappa shape index (κ3) is 3.79. The lowest BCUT2D eigenvalue weighted by molar-refractivity contribution is 0.0686. The Morgan fingerprint density at radius 3 is 2.56 bits per heavy atom. The number of fused-ring (bicyclic) bond motifs is 2. The van der Waals surface area contributed by atoms with E-state index < -0.39 is 11.8 Å². The van der Waals surface area contributed by atoms with Crippen LogP contribution in [0, 0.1) is 11.2 Å². The molecule has 0 bridgehead atoms. The lowest BCUT2D eigenvalue weighted by Crippen LogP contribution is -2.13. The van der Waals surface area contributed by atoms with Gasteiger partial charge < -0.3 is 20.1 Å². The molecule has 34 heavy (non-hydrogen) atoms. The number of nitrogens with zero attached hydrogens (tertiary/aromatic N) is 3. The van der Waals surface area contributed by atoms with E-state index in [0.29, 0.717) is 11.3 Å². The molecule has 9 heteroatoms. The summed E-state index contributed by atoms with van der Waals surface area (Å²) in [6.45, 7) is 0.110. The van der Waals surface area contributed by atoms with E-state index in [-0.39, 0.29) is 35.0 Å². The maximum absolute atomic E-state index is 14.8. The van der Waals surface area contributed by atoms with Gasteiger partial charge in [0.2, 0.25) is 0 Å². The highest BCUT2D eigenvalue weighted by Crippen LogP contribution is 2.31. The van der Waals surface area contributed by atoms with Crippen LogP contribution < -0.4 is 10.5 Å². The van der Waals surface area contributed by atoms with Gasteiger partial charge in [0.15, 0.2) is 0 Å². The molecule has 0 aliphatic heterocycles. The number of ether oxygens (including phenoxy) is 1. The fourth-order valence-electron chi connectivity index (χ4n) is 3.98. The number of carboxylic acids is 1. The molecule has 4 N–H and O–H groups in total. The molecule has 0 radical (unpaired) electrons. The zero-order valence-corrected chi connectivity index (χ0v) is 17.7. The molecule has 8 nitrogen and oxygen atoms in total. The summed E-state index contributed by atoms with van der Waals surface area (Å²) in [6, 6.07) is 17.0. The Kier molecular flexibility index (Phi) is 5.14. The van der Waals surface area contributed by atoms with Crippen molar-refractivity contribution in [2.75, 3.05) is 0 Å². The average Bonchev–Trinajstić information content (AvgIpc) is 3.19. The molecule has 0 atom stereocenters. The molecule has 5 aromatic rings. The van der Waals surface area contributed by atoms with E-state index in [0.717, 1.165) is 22.4 Å². The van der Waals surface area contributed by atoms with Crippen molar-refractivity contribution in [2.45, 2.75) is 6.54 Å². The Balaban J connectivity index is 1.69. The number of nitrogens with one attached hydrogen (secondary N) is 1. The lowest BCUT2D eigenvalue weighted by Gasteiger charge is -2.14. The number of aromatic carboxylic acids is 1.